The number of likely N-dealkylation sites (tertiary alicyclic amines) is 1. The molecule has 0 unspecified atom stereocenters. The second-order valence-corrected chi connectivity index (χ2v) is 4.32. The molecule has 1 saturated heterocycles. The number of benzene rings is 1. The summed E-state index contributed by atoms with van der Waals surface area (Å²) in [5.74, 6) is 0. The number of aliphatic hydroxyl groups is 2. The van der Waals surface area contributed by atoms with Crippen molar-refractivity contribution in [2.45, 2.75) is 18.1 Å². The Labute approximate surface area is 90.0 Å². The summed E-state index contributed by atoms with van der Waals surface area (Å²) < 4.78 is 0. The van der Waals surface area contributed by atoms with Crippen LogP contribution in [0.2, 0.25) is 0 Å². The molecule has 82 valence electrons. The summed E-state index contributed by atoms with van der Waals surface area (Å²) in [6, 6.07) is 9.42. The average Bonchev–Trinajstić information content (AvgIpc) is 2.25. The molecule has 2 N–H and O–H groups in total. The van der Waals surface area contributed by atoms with E-state index in [9.17, 15) is 10.2 Å². The Hall–Kier alpha value is -0.900. The first-order valence-corrected chi connectivity index (χ1v) is 5.27. The van der Waals surface area contributed by atoms with Crippen molar-refractivity contribution in [3.05, 3.63) is 35.9 Å². The van der Waals surface area contributed by atoms with Gasteiger partial charge in [0.1, 0.15) is 5.60 Å². The molecule has 0 amide bonds. The lowest BCUT2D eigenvalue weighted by Gasteiger charge is -2.41. The molecule has 2 rings (SSSR count). The molecule has 0 aromatic heterocycles. The lowest BCUT2D eigenvalue weighted by molar-refractivity contribution is -0.120. The second kappa shape index (κ2) is 3.93. The number of hydrogen-bond donors (Lipinski definition) is 2. The van der Waals surface area contributed by atoms with Gasteiger partial charge >= 0.3 is 0 Å². The van der Waals surface area contributed by atoms with Crippen LogP contribution in [0.3, 0.4) is 0 Å². The maximum Gasteiger partial charge on any atom is 0.118 e. The molecule has 1 aliphatic rings. The number of aliphatic hydroxyl groups excluding tert-OH is 1. The Morgan fingerprint density at radius 1 is 1.33 bits per heavy atom. The molecule has 0 aliphatic carbocycles. The fraction of sp³-hybridized carbons (Fsp3) is 0.500. The van der Waals surface area contributed by atoms with Gasteiger partial charge in [0.05, 0.1) is 6.10 Å². The minimum absolute atomic E-state index is 0.519. The van der Waals surface area contributed by atoms with Crippen molar-refractivity contribution < 1.29 is 10.2 Å². The molecule has 1 fully saturated rings. The molecular weight excluding hydrogens is 190 g/mol. The van der Waals surface area contributed by atoms with Crippen molar-refractivity contribution in [2.75, 3.05) is 20.1 Å². The largest absolute Gasteiger partial charge is 0.388 e. The van der Waals surface area contributed by atoms with Crippen molar-refractivity contribution >= 4 is 0 Å². The van der Waals surface area contributed by atoms with E-state index in [1.54, 1.807) is 0 Å². The minimum Gasteiger partial charge on any atom is -0.388 e. The SMILES string of the molecule is CN1CC[C@](O)(c2ccccc2)[C@@H](O)C1. The van der Waals surface area contributed by atoms with Crippen LogP contribution in [-0.4, -0.2) is 41.4 Å². The zero-order valence-corrected chi connectivity index (χ0v) is 8.93. The Morgan fingerprint density at radius 3 is 2.60 bits per heavy atom. The summed E-state index contributed by atoms with van der Waals surface area (Å²) in [6.45, 7) is 1.33. The number of β-amino-alcohol motifs (C(OH)–C–C–N with tert-alkyl or cyclic N) is 1. The number of nitrogens with zero attached hydrogens (tertiary/aromatic N) is 1. The summed E-state index contributed by atoms with van der Waals surface area (Å²) in [4.78, 5) is 2.03. The number of likely N-dealkylation sites (N-methyl/N-ethyl adjacent to an activating group) is 1. The summed E-state index contributed by atoms with van der Waals surface area (Å²) in [7, 11) is 1.95. The fourth-order valence-electron chi connectivity index (χ4n) is 2.13. The molecule has 1 aliphatic heterocycles. The van der Waals surface area contributed by atoms with Gasteiger partial charge in [0.2, 0.25) is 0 Å². The molecular formula is C12H17NO2. The predicted molar refractivity (Wildman–Crippen MR) is 58.5 cm³/mol. The molecule has 0 spiro atoms. The third-order valence-corrected chi connectivity index (χ3v) is 3.18. The van der Waals surface area contributed by atoms with Crippen LogP contribution in [0.15, 0.2) is 30.3 Å². The molecule has 2 atom stereocenters. The zero-order valence-electron chi connectivity index (χ0n) is 8.93. The molecule has 1 aromatic carbocycles. The lowest BCUT2D eigenvalue weighted by atomic mass is 9.82. The highest BCUT2D eigenvalue weighted by Crippen LogP contribution is 2.32. The minimum atomic E-state index is -1.08. The second-order valence-electron chi connectivity index (χ2n) is 4.32. The van der Waals surface area contributed by atoms with Crippen LogP contribution in [0.4, 0.5) is 0 Å². The van der Waals surface area contributed by atoms with Gasteiger partial charge < -0.3 is 15.1 Å². The summed E-state index contributed by atoms with van der Waals surface area (Å²) in [6.07, 6.45) is -0.132. The quantitative estimate of drug-likeness (QED) is 0.707. The van der Waals surface area contributed by atoms with Crippen LogP contribution in [0.25, 0.3) is 0 Å². The van der Waals surface area contributed by atoms with Crippen molar-refractivity contribution in [3.8, 4) is 0 Å². The Morgan fingerprint density at radius 2 is 2.00 bits per heavy atom. The van der Waals surface area contributed by atoms with Crippen molar-refractivity contribution in [3.63, 3.8) is 0 Å². The molecule has 3 nitrogen and oxygen atoms in total. The first kappa shape index (κ1) is 10.6. The van der Waals surface area contributed by atoms with Crippen LogP contribution in [-0.2, 0) is 5.60 Å². The third kappa shape index (κ3) is 1.91. The van der Waals surface area contributed by atoms with Gasteiger partial charge in [-0.1, -0.05) is 30.3 Å². The van der Waals surface area contributed by atoms with E-state index in [0.29, 0.717) is 13.0 Å². The predicted octanol–water partition coefficient (Wildman–Crippen LogP) is 0.571. The molecule has 0 radical (unpaired) electrons. The Balaban J connectivity index is 2.27. The topological polar surface area (TPSA) is 43.7 Å². The number of rotatable bonds is 1. The Bertz CT molecular complexity index is 328. The van der Waals surface area contributed by atoms with Crippen molar-refractivity contribution in [2.24, 2.45) is 0 Å². The van der Waals surface area contributed by atoms with Crippen molar-refractivity contribution in [1.29, 1.82) is 0 Å². The van der Waals surface area contributed by atoms with Gasteiger partial charge in [-0.15, -0.1) is 0 Å². The monoisotopic (exact) mass is 207 g/mol. The van der Waals surface area contributed by atoms with Crippen molar-refractivity contribution in [1.82, 2.24) is 4.90 Å². The van der Waals surface area contributed by atoms with Gasteiger partial charge in [-0.05, 0) is 19.0 Å². The molecule has 0 bridgehead atoms. The molecule has 3 heteroatoms. The van der Waals surface area contributed by atoms with E-state index in [2.05, 4.69) is 0 Å². The molecule has 1 aromatic rings. The first-order chi connectivity index (χ1) is 7.13. The third-order valence-electron chi connectivity index (χ3n) is 3.18. The van der Waals surface area contributed by atoms with Gasteiger partial charge in [-0.2, -0.15) is 0 Å². The van der Waals surface area contributed by atoms with Crippen LogP contribution >= 0.6 is 0 Å². The van der Waals surface area contributed by atoms with Crippen LogP contribution in [0, 0.1) is 0 Å². The highest BCUT2D eigenvalue weighted by Gasteiger charge is 2.40. The van der Waals surface area contributed by atoms with Crippen LogP contribution < -0.4 is 0 Å². The summed E-state index contributed by atoms with van der Waals surface area (Å²) in [5.41, 5.74) is -0.265. The Kier molecular flexibility index (Phi) is 2.78. The standard InChI is InChI=1S/C12H17NO2/c1-13-8-7-12(15,11(14)9-13)10-5-3-2-4-6-10/h2-6,11,14-15H,7-9H2,1H3/t11-,12-/m0/s1. The van der Waals surface area contributed by atoms with E-state index in [-0.39, 0.29) is 0 Å². The smallest absolute Gasteiger partial charge is 0.118 e. The van der Waals surface area contributed by atoms with Gasteiger partial charge in [-0.3, -0.25) is 0 Å². The number of piperidine rings is 1. The zero-order chi connectivity index (χ0) is 10.9. The summed E-state index contributed by atoms with van der Waals surface area (Å²) in [5, 5.41) is 20.4. The van der Waals surface area contributed by atoms with Gasteiger partial charge in [-0.25, -0.2) is 0 Å². The number of hydrogen-bond acceptors (Lipinski definition) is 3. The molecule has 15 heavy (non-hydrogen) atoms. The van der Waals surface area contributed by atoms with E-state index in [0.717, 1.165) is 12.1 Å². The maximum atomic E-state index is 10.5. The normalized spacial score (nSPS) is 32.9. The van der Waals surface area contributed by atoms with Crippen LogP contribution in [0.5, 0.6) is 0 Å². The van der Waals surface area contributed by atoms with Gasteiger partial charge in [0.15, 0.2) is 0 Å². The van der Waals surface area contributed by atoms with E-state index in [1.807, 2.05) is 42.3 Å². The van der Waals surface area contributed by atoms with Gasteiger partial charge in [0, 0.05) is 13.1 Å². The molecule has 1 heterocycles. The summed E-state index contributed by atoms with van der Waals surface area (Å²) >= 11 is 0. The highest BCUT2D eigenvalue weighted by molar-refractivity contribution is 5.24. The van der Waals surface area contributed by atoms with E-state index in [1.165, 1.54) is 0 Å². The first-order valence-electron chi connectivity index (χ1n) is 5.27. The van der Waals surface area contributed by atoms with Crippen LogP contribution in [0.1, 0.15) is 12.0 Å². The van der Waals surface area contributed by atoms with E-state index >= 15 is 0 Å². The van der Waals surface area contributed by atoms with E-state index in [4.69, 9.17) is 0 Å². The maximum absolute atomic E-state index is 10.5. The van der Waals surface area contributed by atoms with Gasteiger partial charge in [0.25, 0.3) is 0 Å². The molecule has 0 saturated carbocycles. The fourth-order valence-corrected chi connectivity index (χ4v) is 2.13. The van der Waals surface area contributed by atoms with E-state index < -0.39 is 11.7 Å². The lowest BCUT2D eigenvalue weighted by Crippen LogP contribution is -2.52. The average molecular weight is 207 g/mol. The highest BCUT2D eigenvalue weighted by atomic mass is 16.3.